The van der Waals surface area contributed by atoms with Gasteiger partial charge in [-0.05, 0) is 19.3 Å². The molecule has 0 spiro atoms. The van der Waals surface area contributed by atoms with Gasteiger partial charge < -0.3 is 4.57 Å². The number of fused-ring (bicyclic) bond motifs is 2. The third kappa shape index (κ3) is 2.48. The van der Waals surface area contributed by atoms with Crippen LogP contribution in [0.2, 0.25) is 0 Å². The lowest BCUT2D eigenvalue weighted by atomic mass is 9.83. The summed E-state index contributed by atoms with van der Waals surface area (Å²) in [4.78, 5) is 18.3. The van der Waals surface area contributed by atoms with E-state index < -0.39 is 0 Å². The molecule has 0 aromatic carbocycles. The van der Waals surface area contributed by atoms with Crippen LogP contribution < -0.4 is 0 Å². The van der Waals surface area contributed by atoms with Crippen LogP contribution in [0.3, 0.4) is 0 Å². The first-order valence-corrected chi connectivity index (χ1v) is 7.06. The fourth-order valence-electron chi connectivity index (χ4n) is 3.49. The van der Waals surface area contributed by atoms with Gasteiger partial charge in [0.05, 0.1) is 6.33 Å². The molecule has 2 aliphatic rings. The van der Waals surface area contributed by atoms with Crippen molar-refractivity contribution in [3.63, 3.8) is 0 Å². The van der Waals surface area contributed by atoms with E-state index in [4.69, 9.17) is 0 Å². The zero-order valence-corrected chi connectivity index (χ0v) is 10.8. The maximum Gasteiger partial charge on any atom is 0.136 e. The molecular formula is C14H21N3O. The van der Waals surface area contributed by atoms with E-state index in [9.17, 15) is 4.79 Å². The molecule has 1 aromatic rings. The lowest BCUT2D eigenvalue weighted by molar-refractivity contribution is -0.127. The Balaban J connectivity index is 1.54. The number of rotatable bonds is 4. The highest BCUT2D eigenvalue weighted by Crippen LogP contribution is 2.32. The van der Waals surface area contributed by atoms with Gasteiger partial charge in [-0.25, -0.2) is 4.98 Å². The Morgan fingerprint density at radius 3 is 2.67 bits per heavy atom. The number of nitrogens with zero attached hydrogens (tertiary/aromatic N) is 3. The molecule has 2 bridgehead atoms. The van der Waals surface area contributed by atoms with Crippen LogP contribution in [0.5, 0.6) is 0 Å². The van der Waals surface area contributed by atoms with Crippen molar-refractivity contribution in [3.05, 3.63) is 18.7 Å². The number of Topliss-reactive ketones (excluding diaryl/α,β-unsaturated/α-hetero) is 1. The highest BCUT2D eigenvalue weighted by Gasteiger charge is 2.36. The summed E-state index contributed by atoms with van der Waals surface area (Å²) in [5, 5.41) is 0. The minimum Gasteiger partial charge on any atom is -0.337 e. The summed E-state index contributed by atoms with van der Waals surface area (Å²) in [6.07, 6.45) is 12.2. The number of aromatic nitrogens is 2. The topological polar surface area (TPSA) is 38.1 Å². The normalized spacial score (nSPS) is 28.6. The third-order valence-corrected chi connectivity index (χ3v) is 4.33. The Kier molecular flexibility index (Phi) is 3.46. The van der Waals surface area contributed by atoms with Gasteiger partial charge in [0.25, 0.3) is 0 Å². The lowest BCUT2D eigenvalue weighted by Crippen LogP contribution is -2.52. The summed E-state index contributed by atoms with van der Waals surface area (Å²) in [5.41, 5.74) is 0. The van der Waals surface area contributed by atoms with Crippen LogP contribution in [0.15, 0.2) is 18.7 Å². The number of hydrogen-bond acceptors (Lipinski definition) is 3. The molecule has 2 aliphatic heterocycles. The smallest absolute Gasteiger partial charge is 0.136 e. The van der Waals surface area contributed by atoms with Crippen molar-refractivity contribution in [3.8, 4) is 0 Å². The molecule has 0 amide bonds. The van der Waals surface area contributed by atoms with Crippen molar-refractivity contribution in [1.29, 1.82) is 0 Å². The molecule has 0 N–H and O–H groups in total. The molecule has 1 aromatic heterocycles. The standard InChI is InChI=1S/C14H21N3O/c18-14-9-12-3-1-4-13(10-14)17(12)7-2-6-16-8-5-15-11-16/h5,8,11-13H,1-4,6-7,9-10H2. The highest BCUT2D eigenvalue weighted by atomic mass is 16.1. The van der Waals surface area contributed by atoms with E-state index in [1.165, 1.54) is 19.3 Å². The number of imidazole rings is 1. The van der Waals surface area contributed by atoms with E-state index in [0.717, 1.165) is 32.4 Å². The summed E-state index contributed by atoms with van der Waals surface area (Å²) in [6.45, 7) is 2.16. The Bertz CT molecular complexity index is 385. The number of ketones is 1. The predicted molar refractivity (Wildman–Crippen MR) is 69.2 cm³/mol. The molecule has 98 valence electrons. The Morgan fingerprint density at radius 2 is 2.00 bits per heavy atom. The second-order valence-electron chi connectivity index (χ2n) is 5.58. The van der Waals surface area contributed by atoms with Crippen LogP contribution in [0, 0.1) is 0 Å². The number of hydrogen-bond donors (Lipinski definition) is 0. The van der Waals surface area contributed by atoms with Gasteiger partial charge in [0.1, 0.15) is 5.78 Å². The van der Waals surface area contributed by atoms with Crippen LogP contribution in [0.4, 0.5) is 0 Å². The average molecular weight is 247 g/mol. The van der Waals surface area contributed by atoms with Gasteiger partial charge in [0.15, 0.2) is 0 Å². The number of piperidine rings is 2. The SMILES string of the molecule is O=C1CC2CCCC(C1)N2CCCn1ccnc1. The van der Waals surface area contributed by atoms with Gasteiger partial charge in [0, 0.05) is 50.4 Å². The summed E-state index contributed by atoms with van der Waals surface area (Å²) >= 11 is 0. The van der Waals surface area contributed by atoms with Crippen LogP contribution in [0.1, 0.15) is 38.5 Å². The van der Waals surface area contributed by atoms with Crippen molar-refractivity contribution < 1.29 is 4.79 Å². The van der Waals surface area contributed by atoms with E-state index >= 15 is 0 Å². The summed E-state index contributed by atoms with van der Waals surface area (Å²) in [6, 6.07) is 1.07. The van der Waals surface area contributed by atoms with Crippen molar-refractivity contribution in [2.24, 2.45) is 0 Å². The zero-order chi connectivity index (χ0) is 12.4. The molecule has 2 saturated heterocycles. The Labute approximate surface area is 108 Å². The van der Waals surface area contributed by atoms with E-state index in [1.54, 1.807) is 0 Å². The molecule has 2 unspecified atom stereocenters. The van der Waals surface area contributed by atoms with Crippen molar-refractivity contribution in [2.45, 2.75) is 57.2 Å². The molecule has 0 saturated carbocycles. The monoisotopic (exact) mass is 247 g/mol. The van der Waals surface area contributed by atoms with Crippen molar-refractivity contribution in [1.82, 2.24) is 14.5 Å². The van der Waals surface area contributed by atoms with Gasteiger partial charge in [-0.2, -0.15) is 0 Å². The minimum atomic E-state index is 0.482. The molecule has 4 heteroatoms. The Morgan fingerprint density at radius 1 is 1.22 bits per heavy atom. The summed E-state index contributed by atoms with van der Waals surface area (Å²) < 4.78 is 2.13. The van der Waals surface area contributed by atoms with E-state index in [0.29, 0.717) is 17.9 Å². The van der Waals surface area contributed by atoms with E-state index in [-0.39, 0.29) is 0 Å². The molecule has 0 radical (unpaired) electrons. The molecule has 18 heavy (non-hydrogen) atoms. The van der Waals surface area contributed by atoms with Crippen molar-refractivity contribution >= 4 is 5.78 Å². The first kappa shape index (κ1) is 11.9. The molecule has 3 heterocycles. The highest BCUT2D eigenvalue weighted by molar-refractivity contribution is 5.80. The zero-order valence-electron chi connectivity index (χ0n) is 10.8. The minimum absolute atomic E-state index is 0.482. The molecule has 0 aliphatic carbocycles. The van der Waals surface area contributed by atoms with Gasteiger partial charge in [-0.15, -0.1) is 0 Å². The summed E-state index contributed by atoms with van der Waals surface area (Å²) in [7, 11) is 0. The second kappa shape index (κ2) is 5.22. The van der Waals surface area contributed by atoms with Gasteiger partial charge in [0.2, 0.25) is 0 Å². The number of carbonyl (C=O) groups excluding carboxylic acids is 1. The third-order valence-electron chi connectivity index (χ3n) is 4.33. The largest absolute Gasteiger partial charge is 0.337 e. The maximum atomic E-state index is 11.6. The Hall–Kier alpha value is -1.16. The molecule has 2 fully saturated rings. The van der Waals surface area contributed by atoms with Crippen LogP contribution in [-0.2, 0) is 11.3 Å². The first-order chi connectivity index (χ1) is 8.83. The van der Waals surface area contributed by atoms with Crippen LogP contribution in [-0.4, -0.2) is 38.9 Å². The first-order valence-electron chi connectivity index (χ1n) is 7.06. The summed E-state index contributed by atoms with van der Waals surface area (Å²) in [5.74, 6) is 0.482. The molecule has 4 nitrogen and oxygen atoms in total. The van der Waals surface area contributed by atoms with Crippen molar-refractivity contribution in [2.75, 3.05) is 6.54 Å². The lowest BCUT2D eigenvalue weighted by Gasteiger charge is -2.45. The molecule has 3 rings (SSSR count). The maximum absolute atomic E-state index is 11.6. The average Bonchev–Trinajstić information content (AvgIpc) is 2.83. The van der Waals surface area contributed by atoms with Crippen LogP contribution >= 0.6 is 0 Å². The fourth-order valence-corrected chi connectivity index (χ4v) is 3.49. The second-order valence-corrected chi connectivity index (χ2v) is 5.58. The molecular weight excluding hydrogens is 226 g/mol. The van der Waals surface area contributed by atoms with E-state index in [1.807, 2.05) is 18.7 Å². The fraction of sp³-hybridized carbons (Fsp3) is 0.714. The van der Waals surface area contributed by atoms with Crippen LogP contribution in [0.25, 0.3) is 0 Å². The van der Waals surface area contributed by atoms with Gasteiger partial charge in [-0.3, -0.25) is 9.69 Å². The molecule has 2 atom stereocenters. The van der Waals surface area contributed by atoms with E-state index in [2.05, 4.69) is 14.5 Å². The number of aryl methyl sites for hydroxylation is 1. The predicted octanol–water partition coefficient (Wildman–Crippen LogP) is 1.86. The quantitative estimate of drug-likeness (QED) is 0.815. The van der Waals surface area contributed by atoms with Gasteiger partial charge in [-0.1, -0.05) is 6.42 Å². The van der Waals surface area contributed by atoms with Gasteiger partial charge >= 0.3 is 0 Å². The number of carbonyl (C=O) groups is 1.